The molecule has 0 atom stereocenters. The molecule has 2 nitrogen and oxygen atoms in total. The molecule has 13 rings (SSSR count). The van der Waals surface area contributed by atoms with E-state index in [4.69, 9.17) is 0 Å². The predicted octanol–water partition coefficient (Wildman–Crippen LogP) is 11.3. The summed E-state index contributed by atoms with van der Waals surface area (Å²) in [4.78, 5) is 4.59. The van der Waals surface area contributed by atoms with Crippen LogP contribution >= 0.6 is 0 Å². The predicted molar refractivity (Wildman–Crippen MR) is 180 cm³/mol. The highest BCUT2D eigenvalue weighted by Crippen LogP contribution is 2.36. The van der Waals surface area contributed by atoms with E-state index in [-0.39, 0.29) is 0 Å². The number of para-hydroxylation sites is 2. The summed E-state index contributed by atoms with van der Waals surface area (Å²) in [5, 5.41) is 0. The average Bonchev–Trinajstić information content (AvgIpc) is 3.06. The summed E-state index contributed by atoms with van der Waals surface area (Å²) in [5.74, 6) is 0. The molecule has 6 aromatic rings. The van der Waals surface area contributed by atoms with Gasteiger partial charge in [0, 0.05) is 34.1 Å². The summed E-state index contributed by atoms with van der Waals surface area (Å²) in [6, 6.07) is 56.0. The molecule has 6 aromatic carbocycles. The molecule has 200 valence electrons. The second kappa shape index (κ2) is 11.5. The van der Waals surface area contributed by atoms with Crippen molar-refractivity contribution in [1.82, 2.24) is 0 Å². The molecule has 0 saturated carbocycles. The van der Waals surface area contributed by atoms with Crippen LogP contribution in [0.4, 0.5) is 34.1 Å². The van der Waals surface area contributed by atoms with Crippen molar-refractivity contribution in [3.8, 4) is 0 Å². The van der Waals surface area contributed by atoms with Crippen LogP contribution in [-0.4, -0.2) is 0 Å². The fourth-order valence-electron chi connectivity index (χ4n) is 5.37. The Morgan fingerprint density at radius 3 is 0.667 bits per heavy atom. The van der Waals surface area contributed by atoms with E-state index < -0.39 is 0 Å². The van der Waals surface area contributed by atoms with Gasteiger partial charge < -0.3 is 9.80 Å². The minimum Gasteiger partial charge on any atom is -0.311 e. The van der Waals surface area contributed by atoms with Crippen LogP contribution in [0.15, 0.2) is 158 Å². The standard InChI is InChI=1S/C40H30N2/c1-3-7-35(8-4-1)41-37-23-15-31(16-24-37)11-13-33-19-27-39(28-20-33)42(36-9-5-2-6-10-36)40-29-21-34(22-30-40)14-12-32-17-25-38(41)26-18-32/h1-30H/b13-11-,14-12-. The third-order valence-electron chi connectivity index (χ3n) is 7.57. The third-order valence-corrected chi connectivity index (χ3v) is 7.57. The van der Waals surface area contributed by atoms with Gasteiger partial charge in [0.2, 0.25) is 0 Å². The summed E-state index contributed by atoms with van der Waals surface area (Å²) >= 11 is 0. The van der Waals surface area contributed by atoms with Crippen LogP contribution in [0.25, 0.3) is 24.3 Å². The van der Waals surface area contributed by atoms with Crippen molar-refractivity contribution < 1.29 is 0 Å². The molecule has 0 saturated heterocycles. The maximum absolute atomic E-state index is 2.29. The normalized spacial score (nSPS) is 14.0. The summed E-state index contributed by atoms with van der Waals surface area (Å²) in [6.45, 7) is 0. The average molecular weight is 539 g/mol. The summed E-state index contributed by atoms with van der Waals surface area (Å²) in [7, 11) is 0. The molecule has 2 heteroatoms. The summed E-state index contributed by atoms with van der Waals surface area (Å²) < 4.78 is 0. The van der Waals surface area contributed by atoms with Gasteiger partial charge in [-0.2, -0.15) is 0 Å². The van der Waals surface area contributed by atoms with Gasteiger partial charge in [-0.25, -0.2) is 0 Å². The van der Waals surface area contributed by atoms with Crippen molar-refractivity contribution >= 4 is 58.4 Å². The molecule has 0 aromatic heterocycles. The van der Waals surface area contributed by atoms with Crippen molar-refractivity contribution in [2.24, 2.45) is 0 Å². The zero-order valence-electron chi connectivity index (χ0n) is 23.2. The van der Waals surface area contributed by atoms with E-state index in [9.17, 15) is 0 Å². The first-order chi connectivity index (χ1) is 20.8. The highest BCUT2D eigenvalue weighted by Gasteiger charge is 2.13. The Balaban J connectivity index is 1.33. The van der Waals surface area contributed by atoms with Gasteiger partial charge >= 0.3 is 0 Å². The molecule has 7 aliphatic heterocycles. The lowest BCUT2D eigenvalue weighted by atomic mass is 10.1. The third kappa shape index (κ3) is 5.39. The van der Waals surface area contributed by atoms with Gasteiger partial charge in [-0.15, -0.1) is 0 Å². The van der Waals surface area contributed by atoms with Crippen LogP contribution in [-0.2, 0) is 0 Å². The van der Waals surface area contributed by atoms with Gasteiger partial charge in [-0.3, -0.25) is 0 Å². The van der Waals surface area contributed by atoms with Crippen molar-refractivity contribution in [3.05, 3.63) is 180 Å². The maximum Gasteiger partial charge on any atom is 0.0462 e. The van der Waals surface area contributed by atoms with Gasteiger partial charge in [0.05, 0.1) is 0 Å². The first kappa shape index (κ1) is 25.4. The van der Waals surface area contributed by atoms with Crippen LogP contribution in [0.1, 0.15) is 22.3 Å². The Hall–Kier alpha value is -5.60. The van der Waals surface area contributed by atoms with Crippen molar-refractivity contribution in [2.75, 3.05) is 9.80 Å². The lowest BCUT2D eigenvalue weighted by molar-refractivity contribution is 1.28. The van der Waals surface area contributed by atoms with E-state index in [0.29, 0.717) is 0 Å². The van der Waals surface area contributed by atoms with Crippen LogP contribution in [0.2, 0.25) is 0 Å². The largest absolute Gasteiger partial charge is 0.311 e. The van der Waals surface area contributed by atoms with E-state index in [1.165, 1.54) is 0 Å². The molecule has 42 heavy (non-hydrogen) atoms. The van der Waals surface area contributed by atoms with Crippen LogP contribution < -0.4 is 9.80 Å². The van der Waals surface area contributed by atoms with Crippen molar-refractivity contribution in [1.29, 1.82) is 0 Å². The minimum absolute atomic E-state index is 1.12. The Kier molecular flexibility index (Phi) is 6.94. The molecular formula is C40H30N2. The van der Waals surface area contributed by atoms with Crippen molar-refractivity contribution in [3.63, 3.8) is 0 Å². The van der Waals surface area contributed by atoms with Gasteiger partial charge in [-0.1, -0.05) is 109 Å². The number of hydrogen-bond donors (Lipinski definition) is 0. The molecule has 8 bridgehead atoms. The Morgan fingerprint density at radius 1 is 0.214 bits per heavy atom. The SMILES string of the molecule is C1=C\c2ccc(cc2)N(c2ccccc2)c2ccc(cc2)/C=C\c2ccc(cc2)N(c2ccccc2)c2ccc/1cc2. The molecule has 0 unspecified atom stereocenters. The fraction of sp³-hybridized carbons (Fsp3) is 0. The molecule has 0 N–H and O–H groups in total. The van der Waals surface area contributed by atoms with E-state index in [1.54, 1.807) is 0 Å². The fourth-order valence-corrected chi connectivity index (χ4v) is 5.37. The van der Waals surface area contributed by atoms with Crippen LogP contribution in [0, 0.1) is 0 Å². The quantitative estimate of drug-likeness (QED) is 0.216. The summed E-state index contributed by atoms with van der Waals surface area (Å²) in [5.41, 5.74) is 11.4. The first-order valence-electron chi connectivity index (χ1n) is 14.3. The Labute approximate surface area is 247 Å². The monoisotopic (exact) mass is 538 g/mol. The first-order valence-corrected chi connectivity index (χ1v) is 14.3. The minimum atomic E-state index is 1.12. The number of rotatable bonds is 2. The zero-order valence-corrected chi connectivity index (χ0v) is 23.2. The molecule has 7 heterocycles. The van der Waals surface area contributed by atoms with Crippen LogP contribution in [0.3, 0.4) is 0 Å². The molecule has 7 aliphatic rings. The topological polar surface area (TPSA) is 6.48 Å². The highest BCUT2D eigenvalue weighted by molar-refractivity contribution is 5.81. The Morgan fingerprint density at radius 2 is 0.429 bits per heavy atom. The molecule has 0 amide bonds. The number of anilines is 6. The van der Waals surface area contributed by atoms with Gasteiger partial charge in [0.15, 0.2) is 0 Å². The highest BCUT2D eigenvalue weighted by atomic mass is 15.1. The van der Waals surface area contributed by atoms with E-state index in [1.807, 2.05) is 0 Å². The van der Waals surface area contributed by atoms with E-state index in [2.05, 4.69) is 192 Å². The zero-order chi connectivity index (χ0) is 28.1. The number of hydrogen-bond acceptors (Lipinski definition) is 2. The lowest BCUT2D eigenvalue weighted by Gasteiger charge is -2.26. The maximum atomic E-state index is 2.29. The van der Waals surface area contributed by atoms with E-state index in [0.717, 1.165) is 56.4 Å². The number of benzene rings is 6. The second-order valence-corrected chi connectivity index (χ2v) is 10.4. The summed E-state index contributed by atoms with van der Waals surface area (Å²) in [6.07, 6.45) is 8.69. The molecule has 0 fully saturated rings. The smallest absolute Gasteiger partial charge is 0.0462 e. The van der Waals surface area contributed by atoms with E-state index >= 15 is 0 Å². The molecule has 0 radical (unpaired) electrons. The van der Waals surface area contributed by atoms with Gasteiger partial charge in [0.1, 0.15) is 0 Å². The van der Waals surface area contributed by atoms with Gasteiger partial charge in [-0.05, 0) is 95.1 Å². The Bertz CT molecular complexity index is 1580. The lowest BCUT2D eigenvalue weighted by Crippen LogP contribution is -2.09. The second-order valence-electron chi connectivity index (χ2n) is 10.4. The number of nitrogens with zero attached hydrogens (tertiary/aromatic N) is 2. The molecule has 0 aliphatic carbocycles. The van der Waals surface area contributed by atoms with Crippen LogP contribution in [0.5, 0.6) is 0 Å². The van der Waals surface area contributed by atoms with Crippen molar-refractivity contribution in [2.45, 2.75) is 0 Å². The molecule has 0 spiro atoms. The molecular weight excluding hydrogens is 508 g/mol. The van der Waals surface area contributed by atoms with Gasteiger partial charge in [0.25, 0.3) is 0 Å².